The number of hydrogen-bond acceptors (Lipinski definition) is 2. The summed E-state index contributed by atoms with van der Waals surface area (Å²) >= 11 is 5.92. The summed E-state index contributed by atoms with van der Waals surface area (Å²) in [7, 11) is 1.76. The molecule has 0 heterocycles. The van der Waals surface area contributed by atoms with Gasteiger partial charge in [-0.05, 0) is 30.5 Å². The van der Waals surface area contributed by atoms with E-state index in [2.05, 4.69) is 31.3 Å². The highest BCUT2D eigenvalue weighted by Gasteiger charge is 2.14. The van der Waals surface area contributed by atoms with Crippen LogP contribution in [0.1, 0.15) is 44.7 Å². The van der Waals surface area contributed by atoms with E-state index in [0.29, 0.717) is 12.1 Å². The molecule has 0 amide bonds. The molecule has 0 aromatic heterocycles. The fraction of sp³-hybridized carbons (Fsp3) is 0.600. The van der Waals surface area contributed by atoms with E-state index in [0.717, 1.165) is 30.9 Å². The van der Waals surface area contributed by atoms with Crippen LogP contribution in [0.15, 0.2) is 24.3 Å². The molecule has 0 saturated carbocycles. The Bertz CT molecular complexity index is 320. The lowest BCUT2D eigenvalue weighted by atomic mass is 10.0. The maximum atomic E-state index is 5.92. The van der Waals surface area contributed by atoms with Crippen LogP contribution in [-0.4, -0.2) is 19.8 Å². The molecule has 0 spiro atoms. The van der Waals surface area contributed by atoms with Crippen molar-refractivity contribution < 1.29 is 4.74 Å². The molecule has 2 unspecified atom stereocenters. The third kappa shape index (κ3) is 4.97. The van der Waals surface area contributed by atoms with Crippen molar-refractivity contribution in [3.63, 3.8) is 0 Å². The lowest BCUT2D eigenvalue weighted by molar-refractivity contribution is 0.155. The molecule has 0 aliphatic heterocycles. The Hall–Kier alpha value is -0.570. The number of halogens is 1. The minimum absolute atomic E-state index is 0.369. The number of methoxy groups -OCH3 is 1. The van der Waals surface area contributed by atoms with Crippen LogP contribution in [0.2, 0.25) is 5.02 Å². The lowest BCUT2D eigenvalue weighted by Gasteiger charge is -2.25. The van der Waals surface area contributed by atoms with Crippen molar-refractivity contribution in [3.05, 3.63) is 34.9 Å². The van der Waals surface area contributed by atoms with Gasteiger partial charge in [-0.25, -0.2) is 0 Å². The average molecular weight is 270 g/mol. The van der Waals surface area contributed by atoms with E-state index in [1.54, 1.807) is 7.11 Å². The normalized spacial score (nSPS) is 14.4. The lowest BCUT2D eigenvalue weighted by Crippen LogP contribution is -2.36. The second-order valence-corrected chi connectivity index (χ2v) is 5.06. The predicted octanol–water partition coefficient (Wildman–Crippen LogP) is 4.20. The predicted molar refractivity (Wildman–Crippen MR) is 78.2 cm³/mol. The van der Waals surface area contributed by atoms with Crippen LogP contribution in [-0.2, 0) is 4.74 Å². The Balaban J connectivity index is 2.67. The summed E-state index contributed by atoms with van der Waals surface area (Å²) in [4.78, 5) is 0. The molecule has 2 nitrogen and oxygen atoms in total. The van der Waals surface area contributed by atoms with Crippen molar-refractivity contribution in [1.29, 1.82) is 0 Å². The van der Waals surface area contributed by atoms with E-state index in [9.17, 15) is 0 Å². The van der Waals surface area contributed by atoms with Crippen molar-refractivity contribution in [2.45, 2.75) is 45.2 Å². The quantitative estimate of drug-likeness (QED) is 0.764. The summed E-state index contributed by atoms with van der Waals surface area (Å²) < 4.78 is 5.27. The summed E-state index contributed by atoms with van der Waals surface area (Å²) in [6.45, 7) is 5.16. The SMILES string of the molecule is CCCC(COC)NC(CC)c1ccc(Cl)cc1. The van der Waals surface area contributed by atoms with Gasteiger partial charge in [-0.3, -0.25) is 0 Å². The smallest absolute Gasteiger partial charge is 0.0616 e. The molecular weight excluding hydrogens is 246 g/mol. The molecule has 0 fully saturated rings. The first-order chi connectivity index (χ1) is 8.71. The number of benzene rings is 1. The number of ether oxygens (including phenoxy) is 1. The molecule has 1 rings (SSSR count). The van der Waals surface area contributed by atoms with Crippen molar-refractivity contribution >= 4 is 11.6 Å². The van der Waals surface area contributed by atoms with Gasteiger partial charge in [0.05, 0.1) is 6.61 Å². The summed E-state index contributed by atoms with van der Waals surface area (Å²) in [5.41, 5.74) is 1.29. The van der Waals surface area contributed by atoms with Gasteiger partial charge in [0, 0.05) is 24.2 Å². The van der Waals surface area contributed by atoms with Crippen LogP contribution in [0.25, 0.3) is 0 Å². The Morgan fingerprint density at radius 2 is 1.89 bits per heavy atom. The van der Waals surface area contributed by atoms with Crippen LogP contribution in [0, 0.1) is 0 Å². The summed E-state index contributed by atoms with van der Waals surface area (Å²) in [5.74, 6) is 0. The van der Waals surface area contributed by atoms with Crippen molar-refractivity contribution in [2.24, 2.45) is 0 Å². The van der Waals surface area contributed by atoms with E-state index in [4.69, 9.17) is 16.3 Å². The molecule has 0 aliphatic rings. The maximum Gasteiger partial charge on any atom is 0.0616 e. The Kier molecular flexibility index (Phi) is 7.33. The zero-order chi connectivity index (χ0) is 13.4. The van der Waals surface area contributed by atoms with Crippen LogP contribution in [0.4, 0.5) is 0 Å². The first kappa shape index (κ1) is 15.5. The monoisotopic (exact) mass is 269 g/mol. The van der Waals surface area contributed by atoms with Crippen molar-refractivity contribution in [2.75, 3.05) is 13.7 Å². The van der Waals surface area contributed by atoms with Gasteiger partial charge in [0.25, 0.3) is 0 Å². The molecule has 0 bridgehead atoms. The molecule has 1 N–H and O–H groups in total. The maximum absolute atomic E-state index is 5.92. The van der Waals surface area contributed by atoms with Crippen LogP contribution < -0.4 is 5.32 Å². The molecule has 2 atom stereocenters. The van der Waals surface area contributed by atoms with Gasteiger partial charge < -0.3 is 10.1 Å². The second kappa shape index (κ2) is 8.52. The van der Waals surface area contributed by atoms with Crippen molar-refractivity contribution in [3.8, 4) is 0 Å². The molecule has 0 radical (unpaired) electrons. The minimum Gasteiger partial charge on any atom is -0.383 e. The summed E-state index contributed by atoms with van der Waals surface area (Å²) in [5, 5.41) is 4.46. The fourth-order valence-corrected chi connectivity index (χ4v) is 2.32. The fourth-order valence-electron chi connectivity index (χ4n) is 2.19. The molecule has 1 aromatic carbocycles. The Morgan fingerprint density at radius 1 is 1.22 bits per heavy atom. The zero-order valence-electron chi connectivity index (χ0n) is 11.6. The van der Waals surface area contributed by atoms with Gasteiger partial charge in [-0.15, -0.1) is 0 Å². The number of nitrogens with one attached hydrogen (secondary N) is 1. The van der Waals surface area contributed by atoms with Gasteiger partial charge in [0.1, 0.15) is 0 Å². The molecular formula is C15H24ClNO. The van der Waals surface area contributed by atoms with Gasteiger partial charge in [-0.1, -0.05) is 44.0 Å². The number of hydrogen-bond donors (Lipinski definition) is 1. The van der Waals surface area contributed by atoms with Gasteiger partial charge in [0.2, 0.25) is 0 Å². The second-order valence-electron chi connectivity index (χ2n) is 4.62. The van der Waals surface area contributed by atoms with E-state index in [-0.39, 0.29) is 0 Å². The molecule has 102 valence electrons. The third-order valence-electron chi connectivity index (χ3n) is 3.12. The highest BCUT2D eigenvalue weighted by molar-refractivity contribution is 6.30. The molecule has 1 aromatic rings. The van der Waals surface area contributed by atoms with Crippen LogP contribution >= 0.6 is 11.6 Å². The first-order valence-corrected chi connectivity index (χ1v) is 7.09. The summed E-state index contributed by atoms with van der Waals surface area (Å²) in [6.07, 6.45) is 3.36. The van der Waals surface area contributed by atoms with E-state index < -0.39 is 0 Å². The largest absolute Gasteiger partial charge is 0.383 e. The zero-order valence-corrected chi connectivity index (χ0v) is 12.3. The van der Waals surface area contributed by atoms with Gasteiger partial charge in [-0.2, -0.15) is 0 Å². The molecule has 0 aliphatic carbocycles. The first-order valence-electron chi connectivity index (χ1n) is 6.71. The van der Waals surface area contributed by atoms with Gasteiger partial charge >= 0.3 is 0 Å². The van der Waals surface area contributed by atoms with E-state index in [1.807, 2.05) is 12.1 Å². The van der Waals surface area contributed by atoms with Crippen LogP contribution in [0.3, 0.4) is 0 Å². The topological polar surface area (TPSA) is 21.3 Å². The highest BCUT2D eigenvalue weighted by Crippen LogP contribution is 2.20. The number of rotatable bonds is 8. The average Bonchev–Trinajstić information content (AvgIpc) is 2.37. The van der Waals surface area contributed by atoms with E-state index >= 15 is 0 Å². The Morgan fingerprint density at radius 3 is 2.39 bits per heavy atom. The minimum atomic E-state index is 0.369. The third-order valence-corrected chi connectivity index (χ3v) is 3.37. The molecule has 18 heavy (non-hydrogen) atoms. The molecule has 3 heteroatoms. The van der Waals surface area contributed by atoms with Gasteiger partial charge in [0.15, 0.2) is 0 Å². The van der Waals surface area contributed by atoms with E-state index in [1.165, 1.54) is 5.56 Å². The molecule has 0 saturated heterocycles. The highest BCUT2D eigenvalue weighted by atomic mass is 35.5. The summed E-state index contributed by atoms with van der Waals surface area (Å²) in [6, 6.07) is 8.88. The standard InChI is InChI=1S/C15H24ClNO/c1-4-6-14(11-18-3)17-15(5-2)12-7-9-13(16)10-8-12/h7-10,14-15,17H,4-6,11H2,1-3H3. The van der Waals surface area contributed by atoms with Crippen molar-refractivity contribution in [1.82, 2.24) is 5.32 Å². The van der Waals surface area contributed by atoms with Crippen LogP contribution in [0.5, 0.6) is 0 Å². The Labute approximate surface area is 116 Å².